The molecule has 1 aliphatic rings. The number of rotatable bonds is 6. The molecule has 0 aromatic heterocycles. The van der Waals surface area contributed by atoms with Crippen molar-refractivity contribution in [1.82, 2.24) is 0 Å². The first-order valence-corrected chi connectivity index (χ1v) is 11.1. The molecule has 4 rings (SSSR count). The highest BCUT2D eigenvalue weighted by molar-refractivity contribution is 6.09. The first-order valence-electron chi connectivity index (χ1n) is 11.1. The molecule has 3 aromatic carbocycles. The average Bonchev–Trinajstić information content (AvgIpc) is 2.86. The Morgan fingerprint density at radius 3 is 2.53 bits per heavy atom. The predicted molar refractivity (Wildman–Crippen MR) is 137 cm³/mol. The summed E-state index contributed by atoms with van der Waals surface area (Å²) in [4.78, 5) is 37.8. The van der Waals surface area contributed by atoms with E-state index in [0.717, 1.165) is 5.69 Å². The van der Waals surface area contributed by atoms with Gasteiger partial charge in [-0.2, -0.15) is 0 Å². The number of fused-ring (bicyclic) bond motifs is 1. The number of hydrogen-bond donors (Lipinski definition) is 3. The molecule has 1 heterocycles. The number of carbonyl (C=O) groups is 2. The van der Waals surface area contributed by atoms with Crippen LogP contribution in [0.3, 0.4) is 0 Å². The van der Waals surface area contributed by atoms with E-state index >= 15 is 0 Å². The zero-order chi connectivity index (χ0) is 26.2. The van der Waals surface area contributed by atoms with Crippen molar-refractivity contribution >= 4 is 34.6 Å². The lowest BCUT2D eigenvalue weighted by Crippen LogP contribution is -2.52. The molecule has 3 N–H and O–H groups in total. The molecule has 0 aliphatic carbocycles. The van der Waals surface area contributed by atoms with Crippen LogP contribution in [-0.4, -0.2) is 41.5 Å². The first kappa shape index (κ1) is 24.7. The van der Waals surface area contributed by atoms with Crippen LogP contribution >= 0.6 is 0 Å². The van der Waals surface area contributed by atoms with Crippen LogP contribution in [0.25, 0.3) is 11.1 Å². The van der Waals surface area contributed by atoms with Gasteiger partial charge in [0.1, 0.15) is 16.9 Å². The van der Waals surface area contributed by atoms with Crippen molar-refractivity contribution in [1.29, 1.82) is 0 Å². The Hall–Kier alpha value is -4.44. The number of aliphatic hydroxyl groups excluding tert-OH is 1. The van der Waals surface area contributed by atoms with Gasteiger partial charge < -0.3 is 25.4 Å². The second-order valence-electron chi connectivity index (χ2n) is 8.90. The molecule has 0 saturated carbocycles. The quantitative estimate of drug-likeness (QED) is 0.349. The highest BCUT2D eigenvalue weighted by Gasteiger charge is 2.38. The Morgan fingerprint density at radius 2 is 1.86 bits per heavy atom. The lowest BCUT2D eigenvalue weighted by atomic mass is 9.91. The van der Waals surface area contributed by atoms with E-state index in [-0.39, 0.29) is 23.8 Å². The maximum atomic E-state index is 12.9. The second-order valence-corrected chi connectivity index (χ2v) is 8.90. The van der Waals surface area contributed by atoms with Crippen LogP contribution in [0.15, 0.2) is 54.6 Å². The summed E-state index contributed by atoms with van der Waals surface area (Å²) in [5.74, 6) is -0.360. The molecule has 36 heavy (non-hydrogen) atoms. The number of benzene rings is 3. The summed E-state index contributed by atoms with van der Waals surface area (Å²) in [5, 5.41) is 27.5. The minimum Gasteiger partial charge on any atom is -0.496 e. The maximum absolute atomic E-state index is 12.9. The van der Waals surface area contributed by atoms with Crippen molar-refractivity contribution in [2.24, 2.45) is 0 Å². The topological polar surface area (TPSA) is 134 Å². The van der Waals surface area contributed by atoms with Gasteiger partial charge in [0, 0.05) is 36.0 Å². The van der Waals surface area contributed by atoms with Crippen LogP contribution in [0.1, 0.15) is 29.8 Å². The van der Waals surface area contributed by atoms with Crippen molar-refractivity contribution in [2.75, 3.05) is 29.7 Å². The highest BCUT2D eigenvalue weighted by atomic mass is 16.6. The molecule has 0 spiro atoms. The van der Waals surface area contributed by atoms with E-state index in [2.05, 4.69) is 10.6 Å². The number of amides is 2. The zero-order valence-corrected chi connectivity index (χ0v) is 20.3. The van der Waals surface area contributed by atoms with Crippen LogP contribution in [0.2, 0.25) is 0 Å². The monoisotopic (exact) mass is 490 g/mol. The van der Waals surface area contributed by atoms with Gasteiger partial charge in [-0.1, -0.05) is 18.2 Å². The molecule has 186 valence electrons. The van der Waals surface area contributed by atoms with Crippen LogP contribution in [0.5, 0.6) is 5.75 Å². The largest absolute Gasteiger partial charge is 0.496 e. The van der Waals surface area contributed by atoms with E-state index in [1.165, 1.54) is 30.2 Å². The van der Waals surface area contributed by atoms with Crippen LogP contribution in [-0.2, 0) is 11.4 Å². The summed E-state index contributed by atoms with van der Waals surface area (Å²) in [6.07, 6.45) is 0. The smallest absolute Gasteiger partial charge is 0.282 e. The molecule has 0 fully saturated rings. The third kappa shape index (κ3) is 4.22. The summed E-state index contributed by atoms with van der Waals surface area (Å²) in [7, 11) is 3.15. The number of nitrogens with one attached hydrogen (secondary N) is 2. The average molecular weight is 491 g/mol. The molecule has 0 saturated heterocycles. The van der Waals surface area contributed by atoms with Gasteiger partial charge in [0.15, 0.2) is 0 Å². The Kier molecular flexibility index (Phi) is 6.38. The normalized spacial score (nSPS) is 14.0. The van der Waals surface area contributed by atoms with Crippen molar-refractivity contribution in [3.05, 3.63) is 75.8 Å². The van der Waals surface area contributed by atoms with Gasteiger partial charge in [-0.3, -0.25) is 19.7 Å². The van der Waals surface area contributed by atoms with Gasteiger partial charge in [-0.15, -0.1) is 0 Å². The lowest BCUT2D eigenvalue weighted by molar-refractivity contribution is -0.385. The molecule has 0 radical (unpaired) electrons. The summed E-state index contributed by atoms with van der Waals surface area (Å²) in [5.41, 5.74) is 2.37. The number of methoxy groups -OCH3 is 1. The van der Waals surface area contributed by atoms with Crippen LogP contribution in [0, 0.1) is 10.1 Å². The van der Waals surface area contributed by atoms with E-state index in [9.17, 15) is 24.8 Å². The van der Waals surface area contributed by atoms with E-state index < -0.39 is 16.4 Å². The predicted octanol–water partition coefficient (Wildman–Crippen LogP) is 4.18. The van der Waals surface area contributed by atoms with E-state index in [1.54, 1.807) is 45.2 Å². The molecule has 0 unspecified atom stereocenters. The van der Waals surface area contributed by atoms with E-state index in [4.69, 9.17) is 4.74 Å². The Bertz CT molecular complexity index is 1380. The fourth-order valence-electron chi connectivity index (χ4n) is 4.46. The van der Waals surface area contributed by atoms with Crippen LogP contribution < -0.4 is 20.3 Å². The van der Waals surface area contributed by atoms with Crippen molar-refractivity contribution in [3.63, 3.8) is 0 Å². The SMILES string of the molecule is COc1cc(NC(=O)c2ccccc2[N+](=O)[O-])ccc1-c1ccc2c(c1CO)N(C)C(=O)C(C)(C)N2. The summed E-state index contributed by atoms with van der Waals surface area (Å²) < 4.78 is 5.58. The summed E-state index contributed by atoms with van der Waals surface area (Å²) in [6, 6.07) is 14.3. The number of anilines is 3. The van der Waals surface area contributed by atoms with Gasteiger partial charge >= 0.3 is 0 Å². The number of likely N-dealkylation sites (N-methyl/N-ethyl adjacent to an activating group) is 1. The Balaban J connectivity index is 1.73. The van der Waals surface area contributed by atoms with Crippen LogP contribution in [0.4, 0.5) is 22.7 Å². The minimum absolute atomic E-state index is 0.0640. The molecule has 10 heteroatoms. The number of hydrogen-bond acceptors (Lipinski definition) is 7. The van der Waals surface area contributed by atoms with Gasteiger partial charge in [-0.25, -0.2) is 0 Å². The molecule has 10 nitrogen and oxygen atoms in total. The standard InChI is InChI=1S/C26H26N4O6/c1-26(2)25(33)29(3)23-19(14-31)16(11-12-20(23)28-26)17-10-9-15(13-22(17)36-4)27-24(32)18-7-5-6-8-21(18)30(34)35/h5-13,28,31H,14H2,1-4H3,(H,27,32). The lowest BCUT2D eigenvalue weighted by Gasteiger charge is -2.39. The minimum atomic E-state index is -0.790. The fourth-order valence-corrected chi connectivity index (χ4v) is 4.46. The summed E-state index contributed by atoms with van der Waals surface area (Å²) in [6.45, 7) is 3.26. The molecule has 0 bridgehead atoms. The number of carbonyl (C=O) groups excluding carboxylic acids is 2. The molecule has 3 aromatic rings. The number of nitro benzene ring substituents is 1. The second kappa shape index (κ2) is 9.31. The Labute approximate surface area is 207 Å². The fraction of sp³-hybridized carbons (Fsp3) is 0.231. The number of nitrogens with zero attached hydrogens (tertiary/aromatic N) is 2. The third-order valence-electron chi connectivity index (χ3n) is 6.16. The molecule has 2 amide bonds. The van der Waals surface area contributed by atoms with Gasteiger partial charge in [0.05, 0.1) is 30.0 Å². The van der Waals surface area contributed by atoms with E-state index in [1.807, 2.05) is 12.1 Å². The number of para-hydroxylation sites is 1. The summed E-state index contributed by atoms with van der Waals surface area (Å²) >= 11 is 0. The maximum Gasteiger partial charge on any atom is 0.282 e. The van der Waals surface area contributed by atoms with E-state index in [0.29, 0.717) is 33.8 Å². The van der Waals surface area contributed by atoms with Gasteiger partial charge in [0.25, 0.3) is 17.5 Å². The zero-order valence-electron chi connectivity index (χ0n) is 20.3. The number of ether oxygens (including phenoxy) is 1. The molecule has 1 aliphatic heterocycles. The van der Waals surface area contributed by atoms with Crippen molar-refractivity contribution in [3.8, 4) is 16.9 Å². The Morgan fingerprint density at radius 1 is 1.17 bits per heavy atom. The molecular weight excluding hydrogens is 464 g/mol. The highest BCUT2D eigenvalue weighted by Crippen LogP contribution is 2.44. The van der Waals surface area contributed by atoms with Crippen molar-refractivity contribution < 1.29 is 24.4 Å². The number of aliphatic hydroxyl groups is 1. The number of nitro groups is 1. The first-order chi connectivity index (χ1) is 17.1. The van der Waals surface area contributed by atoms with Crippen molar-refractivity contribution in [2.45, 2.75) is 26.0 Å². The molecule has 0 atom stereocenters. The molecular formula is C26H26N4O6. The van der Waals surface area contributed by atoms with Gasteiger partial charge in [-0.05, 0) is 43.7 Å². The third-order valence-corrected chi connectivity index (χ3v) is 6.16. The van der Waals surface area contributed by atoms with Gasteiger partial charge in [0.2, 0.25) is 0 Å².